The van der Waals surface area contributed by atoms with E-state index < -0.39 is 5.97 Å². The van der Waals surface area contributed by atoms with Crippen LogP contribution in [0.15, 0.2) is 22.8 Å². The van der Waals surface area contributed by atoms with Crippen LogP contribution in [0.25, 0.3) is 0 Å². The van der Waals surface area contributed by atoms with E-state index in [0.29, 0.717) is 0 Å². The topological polar surface area (TPSA) is 82.5 Å². The van der Waals surface area contributed by atoms with Crippen molar-refractivity contribution >= 4 is 24.7 Å². The Balaban J connectivity index is 0. The molecule has 0 bridgehead atoms. The van der Waals surface area contributed by atoms with Gasteiger partial charge in [0.05, 0.1) is 19.9 Å². The largest absolute Gasteiger partial charge is 0.463 e. The number of carbonyl (C=O) groups is 1. The first kappa shape index (κ1) is 15.2. The van der Waals surface area contributed by atoms with Gasteiger partial charge in [-0.3, -0.25) is 4.79 Å². The molecule has 0 fully saturated rings. The second kappa shape index (κ2) is 9.76. The maximum atomic E-state index is 10.6. The second-order valence-corrected chi connectivity index (χ2v) is 1.82. The third-order valence-corrected chi connectivity index (χ3v) is 0.991. The maximum absolute atomic E-state index is 10.6. The van der Waals surface area contributed by atoms with Crippen LogP contribution in [0.4, 0.5) is 0 Å². The summed E-state index contributed by atoms with van der Waals surface area (Å²) in [5.41, 5.74) is 4.60. The zero-order chi connectivity index (χ0) is 10.1. The Bertz CT molecular complexity index is 248. The monoisotopic (exact) mass is 220 g/mol. The number of furan rings is 1. The Morgan fingerprint density at radius 2 is 2.29 bits per heavy atom. The molecule has 0 aliphatic heterocycles. The lowest BCUT2D eigenvalue weighted by Crippen LogP contribution is -1.97. The molecule has 0 aromatic carbocycles. The van der Waals surface area contributed by atoms with E-state index in [4.69, 9.17) is 9.21 Å². The molecule has 79 valence electrons. The number of hydrogen-bond donors (Lipinski definition) is 1. The lowest BCUT2D eigenvalue weighted by Gasteiger charge is -1.89. The minimum atomic E-state index is -0.444. The highest BCUT2D eigenvalue weighted by atomic mass is 35.5. The number of halogens is 1. The Hall–Kier alpha value is -1.33. The van der Waals surface area contributed by atoms with Crippen molar-refractivity contribution in [3.63, 3.8) is 0 Å². The third kappa shape index (κ3) is 6.22. The molecule has 0 aliphatic carbocycles. The van der Waals surface area contributed by atoms with Gasteiger partial charge in [0.15, 0.2) is 0 Å². The molecular formula is C8H11ClNO4. The fourth-order valence-electron chi connectivity index (χ4n) is 0.495. The molecule has 1 aromatic heterocycles. The van der Waals surface area contributed by atoms with Crippen LogP contribution < -0.4 is 5.73 Å². The number of hydrogen-bond acceptors (Lipinski definition) is 5. The highest BCUT2D eigenvalue weighted by Gasteiger charge is 2.05. The molecule has 0 atom stereocenters. The predicted molar refractivity (Wildman–Crippen MR) is 52.0 cm³/mol. The van der Waals surface area contributed by atoms with Crippen LogP contribution >= 0.6 is 12.4 Å². The summed E-state index contributed by atoms with van der Waals surface area (Å²) < 4.78 is 9.07. The summed E-state index contributed by atoms with van der Waals surface area (Å²) in [4.78, 5) is 19.5. The van der Waals surface area contributed by atoms with Gasteiger partial charge in [0.1, 0.15) is 0 Å². The number of ether oxygens (including phenoxy) is 1. The van der Waals surface area contributed by atoms with Crippen molar-refractivity contribution in [1.29, 1.82) is 0 Å². The second-order valence-electron chi connectivity index (χ2n) is 1.82. The predicted octanol–water partition coefficient (Wildman–Crippen LogP) is 0.543. The zero-order valence-electron chi connectivity index (χ0n) is 7.56. The first-order valence-corrected chi connectivity index (χ1v) is 3.43. The van der Waals surface area contributed by atoms with Gasteiger partial charge in [-0.25, -0.2) is 4.79 Å². The minimum absolute atomic E-state index is 0. The molecule has 0 aliphatic rings. The smallest absolute Gasteiger partial charge is 0.373 e. The van der Waals surface area contributed by atoms with Crippen LogP contribution in [-0.4, -0.2) is 25.9 Å². The van der Waals surface area contributed by atoms with E-state index in [1.165, 1.54) is 19.7 Å². The van der Waals surface area contributed by atoms with Crippen molar-refractivity contribution in [3.05, 3.63) is 24.2 Å². The molecule has 0 unspecified atom stereocenters. The summed E-state index contributed by atoms with van der Waals surface area (Å²) in [6, 6.07) is 3.18. The van der Waals surface area contributed by atoms with Crippen LogP contribution in [-0.2, 0) is 9.53 Å². The molecule has 2 N–H and O–H groups in total. The van der Waals surface area contributed by atoms with Crippen molar-refractivity contribution in [2.75, 3.05) is 13.7 Å². The van der Waals surface area contributed by atoms with Gasteiger partial charge in [-0.15, -0.1) is 12.4 Å². The van der Waals surface area contributed by atoms with Crippen molar-refractivity contribution in [3.8, 4) is 0 Å². The van der Waals surface area contributed by atoms with Gasteiger partial charge >= 0.3 is 5.97 Å². The van der Waals surface area contributed by atoms with E-state index in [0.717, 1.165) is 0 Å². The van der Waals surface area contributed by atoms with E-state index in [1.807, 2.05) is 0 Å². The van der Waals surface area contributed by atoms with E-state index in [-0.39, 0.29) is 24.7 Å². The number of rotatable bonds is 2. The van der Waals surface area contributed by atoms with Crippen LogP contribution in [0, 0.1) is 0 Å². The van der Waals surface area contributed by atoms with Gasteiger partial charge < -0.3 is 14.9 Å². The summed E-state index contributed by atoms with van der Waals surface area (Å²) in [6.07, 6.45) is 2.88. The fraction of sp³-hybridized carbons (Fsp3) is 0.250. The summed E-state index contributed by atoms with van der Waals surface area (Å²) in [5.74, 6) is -0.211. The fourth-order valence-corrected chi connectivity index (χ4v) is 0.495. The molecule has 14 heavy (non-hydrogen) atoms. The van der Waals surface area contributed by atoms with Crippen molar-refractivity contribution in [2.45, 2.75) is 0 Å². The molecule has 1 heterocycles. The lowest BCUT2D eigenvalue weighted by molar-refractivity contribution is 0.0565. The quantitative estimate of drug-likeness (QED) is 0.736. The standard InChI is InChI=1S/C6H6O3.C2H4NO.ClH/c1-8-6(7)5-3-2-4-9-5;3-1-2-4;/h2-4H,1H3;1,3H2;1H. The van der Waals surface area contributed by atoms with E-state index in [1.54, 1.807) is 12.1 Å². The molecule has 1 rings (SSSR count). The normalized spacial score (nSPS) is 7.57. The molecule has 6 heteroatoms. The number of methoxy groups -OCH3 is 1. The highest BCUT2D eigenvalue weighted by molar-refractivity contribution is 5.86. The minimum Gasteiger partial charge on any atom is -0.463 e. The van der Waals surface area contributed by atoms with Crippen molar-refractivity contribution in [1.82, 2.24) is 0 Å². The first-order chi connectivity index (χ1) is 6.26. The van der Waals surface area contributed by atoms with Gasteiger partial charge in [0.2, 0.25) is 12.0 Å². The van der Waals surface area contributed by atoms with Crippen LogP contribution in [0.1, 0.15) is 10.6 Å². The van der Waals surface area contributed by atoms with Crippen molar-refractivity contribution < 1.29 is 18.7 Å². The lowest BCUT2D eigenvalue weighted by atomic mass is 10.5. The molecule has 0 spiro atoms. The average Bonchev–Trinajstić information content (AvgIpc) is 2.70. The van der Waals surface area contributed by atoms with E-state index in [2.05, 4.69) is 10.5 Å². The van der Waals surface area contributed by atoms with Crippen molar-refractivity contribution in [2.24, 2.45) is 5.73 Å². The summed E-state index contributed by atoms with van der Waals surface area (Å²) in [7, 11) is 1.31. The SMILES string of the molecule is COC(=O)c1ccco1.Cl.NC[C]=O. The third-order valence-electron chi connectivity index (χ3n) is 0.991. The Morgan fingerprint density at radius 3 is 2.57 bits per heavy atom. The molecule has 0 amide bonds. The Labute approximate surface area is 87.6 Å². The van der Waals surface area contributed by atoms with Crippen LogP contribution in [0.5, 0.6) is 0 Å². The number of nitrogens with two attached hydrogens (primary N) is 1. The summed E-state index contributed by atoms with van der Waals surface area (Å²) in [6.45, 7) is 0.0139. The van der Waals surface area contributed by atoms with Gasteiger partial charge in [-0.2, -0.15) is 0 Å². The maximum Gasteiger partial charge on any atom is 0.373 e. The van der Waals surface area contributed by atoms with Gasteiger partial charge in [0, 0.05) is 0 Å². The molecular weight excluding hydrogens is 210 g/mol. The number of esters is 1. The van der Waals surface area contributed by atoms with Crippen LogP contribution in [0.2, 0.25) is 0 Å². The Morgan fingerprint density at radius 1 is 1.71 bits per heavy atom. The first-order valence-electron chi connectivity index (χ1n) is 3.43. The van der Waals surface area contributed by atoms with Gasteiger partial charge in [-0.1, -0.05) is 0 Å². The van der Waals surface area contributed by atoms with Crippen LogP contribution in [0.3, 0.4) is 0 Å². The molecule has 1 aromatic rings. The van der Waals surface area contributed by atoms with Gasteiger partial charge in [-0.05, 0) is 12.1 Å². The molecule has 0 saturated heterocycles. The summed E-state index contributed by atoms with van der Waals surface area (Å²) >= 11 is 0. The average molecular weight is 221 g/mol. The zero-order valence-corrected chi connectivity index (χ0v) is 8.37. The molecule has 5 nitrogen and oxygen atoms in total. The van der Waals surface area contributed by atoms with E-state index in [9.17, 15) is 4.79 Å². The summed E-state index contributed by atoms with van der Waals surface area (Å²) in [5, 5.41) is 0. The van der Waals surface area contributed by atoms with Gasteiger partial charge in [0.25, 0.3) is 0 Å². The molecule has 1 radical (unpaired) electrons. The molecule has 0 saturated carbocycles. The van der Waals surface area contributed by atoms with E-state index >= 15 is 0 Å². The number of carbonyl (C=O) groups excluding carboxylic acids is 2. The highest BCUT2D eigenvalue weighted by Crippen LogP contribution is 2.00. The Kier molecular flexibility index (Phi) is 10.6.